The number of aromatic amines is 1. The Morgan fingerprint density at radius 3 is 2.81 bits per heavy atom. The molecule has 0 unspecified atom stereocenters. The standard InChI is InChI=1S/C30H29ClFN7O4/c1-42-20-12-18(36-30(41)22-10-17(31)6-7-27(22)43-9-8-40)11-19(13-20)39-26-14-24(28-34-16-35-38-28)33-15-25(26)37-29(39)21-4-2-3-5-23(21)32/h2-7,10,14-16,18-20,40H,8-9,11-13H2,1H3,(H,36,41)(H,34,35,38)/t18-,19+,20+/m1/s1. The van der Waals surface area contributed by atoms with Crippen molar-refractivity contribution in [2.24, 2.45) is 0 Å². The lowest BCUT2D eigenvalue weighted by molar-refractivity contribution is 0.0397. The van der Waals surface area contributed by atoms with Gasteiger partial charge in [0, 0.05) is 24.2 Å². The molecule has 3 aromatic heterocycles. The number of imidazole rings is 1. The summed E-state index contributed by atoms with van der Waals surface area (Å²) >= 11 is 6.21. The van der Waals surface area contributed by atoms with Crippen LogP contribution < -0.4 is 10.1 Å². The van der Waals surface area contributed by atoms with E-state index in [2.05, 4.69) is 25.5 Å². The molecule has 3 N–H and O–H groups in total. The number of methoxy groups -OCH3 is 1. The number of hydrogen-bond acceptors (Lipinski definition) is 8. The van der Waals surface area contributed by atoms with Crippen LogP contribution in [-0.4, -0.2) is 73.2 Å². The van der Waals surface area contributed by atoms with E-state index in [1.807, 2.05) is 10.6 Å². The van der Waals surface area contributed by atoms with Crippen LogP contribution >= 0.6 is 11.6 Å². The van der Waals surface area contributed by atoms with Gasteiger partial charge in [0.15, 0.2) is 5.82 Å². The van der Waals surface area contributed by atoms with Crippen molar-refractivity contribution in [3.63, 3.8) is 0 Å². The van der Waals surface area contributed by atoms with Gasteiger partial charge in [0.1, 0.15) is 41.5 Å². The fourth-order valence-electron chi connectivity index (χ4n) is 5.64. The topological polar surface area (TPSA) is 140 Å². The lowest BCUT2D eigenvalue weighted by Gasteiger charge is -2.36. The molecule has 3 heterocycles. The number of H-pyrrole nitrogens is 1. The molecule has 1 saturated carbocycles. The normalized spacial score (nSPS) is 18.6. The van der Waals surface area contributed by atoms with Crippen LogP contribution in [0, 0.1) is 5.82 Å². The molecular formula is C30H29ClFN7O4. The van der Waals surface area contributed by atoms with Gasteiger partial charge in [-0.3, -0.25) is 14.9 Å². The Morgan fingerprint density at radius 1 is 1.19 bits per heavy atom. The number of carbonyl (C=O) groups excluding carboxylic acids is 1. The molecule has 3 atom stereocenters. The van der Waals surface area contributed by atoms with Gasteiger partial charge in [-0.25, -0.2) is 14.4 Å². The lowest BCUT2D eigenvalue weighted by Crippen LogP contribution is -2.43. The number of aliphatic hydroxyl groups excluding tert-OH is 1. The van der Waals surface area contributed by atoms with Gasteiger partial charge in [-0.2, -0.15) is 5.10 Å². The number of carbonyl (C=O) groups is 1. The first-order chi connectivity index (χ1) is 20.9. The maximum atomic E-state index is 15.2. The molecule has 0 aliphatic heterocycles. The Hall–Kier alpha value is -4.39. The zero-order chi connectivity index (χ0) is 29.9. The molecule has 0 radical (unpaired) electrons. The number of hydrogen-bond donors (Lipinski definition) is 3. The van der Waals surface area contributed by atoms with Crippen LogP contribution in [0.3, 0.4) is 0 Å². The van der Waals surface area contributed by atoms with Gasteiger partial charge < -0.3 is 24.5 Å². The van der Waals surface area contributed by atoms with Crippen molar-refractivity contribution in [1.82, 2.24) is 35.0 Å². The van der Waals surface area contributed by atoms with E-state index in [0.717, 1.165) is 5.52 Å². The van der Waals surface area contributed by atoms with Crippen LogP contribution in [0.4, 0.5) is 4.39 Å². The van der Waals surface area contributed by atoms with Crippen LogP contribution in [-0.2, 0) is 4.74 Å². The number of pyridine rings is 1. The molecule has 6 rings (SSSR count). The average molecular weight is 606 g/mol. The summed E-state index contributed by atoms with van der Waals surface area (Å²) < 4.78 is 28.6. The zero-order valence-corrected chi connectivity index (χ0v) is 24.0. The summed E-state index contributed by atoms with van der Waals surface area (Å²) in [5.41, 5.74) is 2.50. The first-order valence-corrected chi connectivity index (χ1v) is 14.2. The second kappa shape index (κ2) is 12.5. The molecule has 0 saturated heterocycles. The van der Waals surface area contributed by atoms with Gasteiger partial charge in [0.2, 0.25) is 0 Å². The molecule has 2 aromatic carbocycles. The number of halogens is 2. The minimum atomic E-state index is -0.400. The van der Waals surface area contributed by atoms with E-state index in [-0.39, 0.29) is 42.9 Å². The Kier molecular flexibility index (Phi) is 8.32. The number of rotatable bonds is 9. The van der Waals surface area contributed by atoms with E-state index in [4.69, 9.17) is 26.1 Å². The molecule has 222 valence electrons. The molecule has 0 spiro atoms. The second-order valence-electron chi connectivity index (χ2n) is 10.3. The van der Waals surface area contributed by atoms with E-state index in [0.29, 0.717) is 58.5 Å². The molecule has 43 heavy (non-hydrogen) atoms. The van der Waals surface area contributed by atoms with Crippen LogP contribution in [0.25, 0.3) is 33.9 Å². The molecule has 1 fully saturated rings. The monoisotopic (exact) mass is 605 g/mol. The van der Waals surface area contributed by atoms with E-state index >= 15 is 4.39 Å². The Morgan fingerprint density at radius 2 is 2.05 bits per heavy atom. The molecular weight excluding hydrogens is 577 g/mol. The van der Waals surface area contributed by atoms with Gasteiger partial charge in [0.25, 0.3) is 5.91 Å². The summed E-state index contributed by atoms with van der Waals surface area (Å²) in [6.45, 7) is -0.156. The van der Waals surface area contributed by atoms with E-state index in [1.54, 1.807) is 43.6 Å². The fraction of sp³-hybridized carbons (Fsp3) is 0.300. The van der Waals surface area contributed by atoms with Gasteiger partial charge >= 0.3 is 0 Å². The maximum absolute atomic E-state index is 15.2. The number of nitrogens with zero attached hydrogens (tertiary/aromatic N) is 5. The number of amides is 1. The molecule has 1 amide bonds. The highest BCUT2D eigenvalue weighted by atomic mass is 35.5. The highest BCUT2D eigenvalue weighted by Crippen LogP contribution is 2.38. The summed E-state index contributed by atoms with van der Waals surface area (Å²) in [5, 5.41) is 19.5. The van der Waals surface area contributed by atoms with Crippen molar-refractivity contribution < 1.29 is 23.8 Å². The van der Waals surface area contributed by atoms with Crippen molar-refractivity contribution >= 4 is 28.5 Å². The minimum Gasteiger partial charge on any atom is -0.490 e. The summed E-state index contributed by atoms with van der Waals surface area (Å²) in [5.74, 6) is 0.499. The van der Waals surface area contributed by atoms with Crippen molar-refractivity contribution in [3.8, 4) is 28.7 Å². The van der Waals surface area contributed by atoms with E-state index in [9.17, 15) is 9.90 Å². The van der Waals surface area contributed by atoms with Crippen LogP contribution in [0.1, 0.15) is 35.7 Å². The lowest BCUT2D eigenvalue weighted by atomic mass is 9.87. The van der Waals surface area contributed by atoms with Gasteiger partial charge in [-0.1, -0.05) is 23.7 Å². The predicted octanol–water partition coefficient (Wildman–Crippen LogP) is 4.59. The first-order valence-electron chi connectivity index (χ1n) is 13.8. The first kappa shape index (κ1) is 28.7. The van der Waals surface area contributed by atoms with Crippen LogP contribution in [0.2, 0.25) is 5.02 Å². The number of aromatic nitrogens is 6. The smallest absolute Gasteiger partial charge is 0.255 e. The second-order valence-corrected chi connectivity index (χ2v) is 10.7. The molecule has 0 bridgehead atoms. The van der Waals surface area contributed by atoms with E-state index < -0.39 is 5.82 Å². The third kappa shape index (κ3) is 5.94. The number of nitrogens with one attached hydrogen (secondary N) is 2. The van der Waals surface area contributed by atoms with Crippen molar-refractivity contribution in [3.05, 3.63) is 77.5 Å². The quantitative estimate of drug-likeness (QED) is 0.222. The summed E-state index contributed by atoms with van der Waals surface area (Å²) in [6, 6.07) is 12.6. The fourth-order valence-corrected chi connectivity index (χ4v) is 5.81. The van der Waals surface area contributed by atoms with Gasteiger partial charge in [-0.05, 0) is 55.7 Å². The molecule has 1 aliphatic rings. The van der Waals surface area contributed by atoms with Crippen molar-refractivity contribution in [2.75, 3.05) is 20.3 Å². The van der Waals surface area contributed by atoms with Crippen molar-refractivity contribution in [1.29, 1.82) is 0 Å². The Labute approximate surface area is 251 Å². The highest BCUT2D eigenvalue weighted by Gasteiger charge is 2.34. The highest BCUT2D eigenvalue weighted by molar-refractivity contribution is 6.31. The molecule has 13 heteroatoms. The number of aliphatic hydroxyl groups is 1. The third-order valence-electron chi connectivity index (χ3n) is 7.56. The maximum Gasteiger partial charge on any atom is 0.255 e. The zero-order valence-electron chi connectivity index (χ0n) is 23.2. The van der Waals surface area contributed by atoms with Crippen molar-refractivity contribution in [2.45, 2.75) is 37.5 Å². The summed E-state index contributed by atoms with van der Waals surface area (Å²) in [7, 11) is 1.64. The van der Waals surface area contributed by atoms with Crippen LogP contribution in [0.15, 0.2) is 61.1 Å². The number of ether oxygens (including phenoxy) is 2. The molecule has 5 aromatic rings. The molecule has 11 nitrogen and oxygen atoms in total. The van der Waals surface area contributed by atoms with Gasteiger partial charge in [-0.15, -0.1) is 0 Å². The molecule has 1 aliphatic carbocycles. The average Bonchev–Trinajstić information content (AvgIpc) is 3.69. The Balaban J connectivity index is 1.39. The number of fused-ring (bicyclic) bond motifs is 1. The summed E-state index contributed by atoms with van der Waals surface area (Å²) in [6.07, 6.45) is 4.54. The van der Waals surface area contributed by atoms with E-state index in [1.165, 1.54) is 18.5 Å². The third-order valence-corrected chi connectivity index (χ3v) is 7.79. The summed E-state index contributed by atoms with van der Waals surface area (Å²) in [4.78, 5) is 27.0. The van der Waals surface area contributed by atoms with Crippen LogP contribution in [0.5, 0.6) is 5.75 Å². The Bertz CT molecular complexity index is 1750. The predicted molar refractivity (Wildman–Crippen MR) is 157 cm³/mol. The van der Waals surface area contributed by atoms with Gasteiger partial charge in [0.05, 0.1) is 35.6 Å². The largest absolute Gasteiger partial charge is 0.490 e. The number of benzene rings is 2. The SMILES string of the molecule is CO[C@H]1C[C@H](NC(=O)c2cc(Cl)ccc2OCCO)C[C@H](n2c(-c3ccccc3F)nc3cnc(-c4ncn[nH]4)cc32)C1. The minimum absolute atomic E-state index is 0.0383.